The molecule has 2 aromatic carbocycles. The van der Waals surface area contributed by atoms with Crippen LogP contribution in [0.5, 0.6) is 11.5 Å². The summed E-state index contributed by atoms with van der Waals surface area (Å²) in [7, 11) is 1.58. The Kier molecular flexibility index (Phi) is 7.37. The maximum Gasteiger partial charge on any atom is 0.301 e. The number of methoxy groups -OCH3 is 1. The van der Waals surface area contributed by atoms with Gasteiger partial charge in [0.25, 0.3) is 5.78 Å². The number of unbranched alkanes of at least 4 members (excludes halogenated alkanes) is 2. The van der Waals surface area contributed by atoms with Gasteiger partial charge in [-0.25, -0.2) is 4.98 Å². The molecule has 1 atom stereocenters. The second-order valence-electron chi connectivity index (χ2n) is 8.86. The molecule has 38 heavy (non-hydrogen) atoms. The summed E-state index contributed by atoms with van der Waals surface area (Å²) in [6.45, 7) is 2.69. The van der Waals surface area contributed by atoms with Gasteiger partial charge in [-0.15, -0.1) is 0 Å². The van der Waals surface area contributed by atoms with Crippen molar-refractivity contribution in [3.63, 3.8) is 0 Å². The smallest absolute Gasteiger partial charge is 0.301 e. The first-order valence-electron chi connectivity index (χ1n) is 12.4. The van der Waals surface area contributed by atoms with E-state index in [1.807, 2.05) is 36.4 Å². The number of carbonyl (C=O) groups is 2. The molecule has 1 aliphatic heterocycles. The minimum atomic E-state index is -0.898. The van der Waals surface area contributed by atoms with Crippen LogP contribution in [0.4, 0.5) is 5.13 Å². The maximum atomic E-state index is 13.5. The summed E-state index contributed by atoms with van der Waals surface area (Å²) in [4.78, 5) is 36.9. The molecule has 4 aromatic rings. The molecule has 8 nitrogen and oxygen atoms in total. The first kappa shape index (κ1) is 25.4. The molecule has 1 fully saturated rings. The van der Waals surface area contributed by atoms with Crippen LogP contribution in [0.3, 0.4) is 0 Å². The number of aromatic nitrogens is 2. The lowest BCUT2D eigenvalue weighted by Gasteiger charge is -2.23. The van der Waals surface area contributed by atoms with E-state index < -0.39 is 17.7 Å². The van der Waals surface area contributed by atoms with Gasteiger partial charge in [0.15, 0.2) is 5.13 Å². The van der Waals surface area contributed by atoms with E-state index in [2.05, 4.69) is 16.9 Å². The van der Waals surface area contributed by atoms with Gasteiger partial charge < -0.3 is 14.6 Å². The van der Waals surface area contributed by atoms with Crippen molar-refractivity contribution in [3.05, 3.63) is 83.7 Å². The number of benzene rings is 2. The molecule has 0 aliphatic carbocycles. The van der Waals surface area contributed by atoms with Gasteiger partial charge in [-0.05, 0) is 54.4 Å². The summed E-state index contributed by atoms with van der Waals surface area (Å²) >= 11 is 1.28. The Bertz CT molecular complexity index is 1520. The van der Waals surface area contributed by atoms with Crippen LogP contribution >= 0.6 is 11.3 Å². The number of Topliss-reactive ketones (excluding diaryl/α,β-unsaturated/α-hetero) is 1. The van der Waals surface area contributed by atoms with Crippen molar-refractivity contribution < 1.29 is 24.2 Å². The number of anilines is 1. The molecule has 0 bridgehead atoms. The number of carbonyl (C=O) groups excluding carboxylic acids is 2. The number of aliphatic hydroxyl groups excluding tert-OH is 1. The van der Waals surface area contributed by atoms with Gasteiger partial charge in [0.1, 0.15) is 17.3 Å². The van der Waals surface area contributed by atoms with Crippen molar-refractivity contribution in [2.75, 3.05) is 18.6 Å². The van der Waals surface area contributed by atoms with E-state index in [1.165, 1.54) is 28.6 Å². The zero-order chi connectivity index (χ0) is 26.6. The summed E-state index contributed by atoms with van der Waals surface area (Å²) in [6.07, 6.45) is 6.11. The van der Waals surface area contributed by atoms with E-state index in [0.717, 1.165) is 24.0 Å². The summed E-state index contributed by atoms with van der Waals surface area (Å²) in [5.74, 6) is -0.518. The molecule has 194 valence electrons. The molecule has 1 saturated heterocycles. The highest BCUT2D eigenvalue weighted by molar-refractivity contribution is 7.22. The monoisotopic (exact) mass is 529 g/mol. The fourth-order valence-electron chi connectivity index (χ4n) is 4.45. The van der Waals surface area contributed by atoms with E-state index in [9.17, 15) is 14.7 Å². The van der Waals surface area contributed by atoms with Crippen LogP contribution in [0.15, 0.2) is 72.6 Å². The van der Waals surface area contributed by atoms with E-state index >= 15 is 0 Å². The normalized spacial score (nSPS) is 16.8. The SMILES string of the molecule is CCCCCOc1cccc(C2/C(=C(\O)c3ccncc3)C(=O)C(=O)N2c2nc3ccc(OC)cc3s2)c1. The molecule has 1 N–H and O–H groups in total. The van der Waals surface area contributed by atoms with Crippen LogP contribution < -0.4 is 14.4 Å². The molecule has 1 aliphatic rings. The van der Waals surface area contributed by atoms with Crippen LogP contribution in [-0.2, 0) is 9.59 Å². The summed E-state index contributed by atoms with van der Waals surface area (Å²) in [5.41, 5.74) is 1.68. The molecule has 1 unspecified atom stereocenters. The molecule has 0 radical (unpaired) electrons. The van der Waals surface area contributed by atoms with Crippen LogP contribution in [-0.4, -0.2) is 40.5 Å². The average molecular weight is 530 g/mol. The summed E-state index contributed by atoms with van der Waals surface area (Å²) in [6, 6.07) is 15.0. The standard InChI is InChI=1S/C29H27N3O5S/c1-3-4-5-15-37-21-8-6-7-19(16-21)25-24(26(33)18-11-13-30-14-12-18)27(34)28(35)32(25)29-31-22-10-9-20(36-2)17-23(22)38-29/h6-14,16-17,25,33H,3-5,15H2,1-2H3/b26-24+. The number of hydrogen-bond donors (Lipinski definition) is 1. The number of thiazole rings is 1. The van der Waals surface area contributed by atoms with Crippen molar-refractivity contribution in [1.29, 1.82) is 0 Å². The molecule has 1 amide bonds. The van der Waals surface area contributed by atoms with Crippen LogP contribution in [0, 0.1) is 0 Å². The van der Waals surface area contributed by atoms with E-state index in [-0.39, 0.29) is 11.3 Å². The minimum Gasteiger partial charge on any atom is -0.507 e. The zero-order valence-corrected chi connectivity index (χ0v) is 21.9. The average Bonchev–Trinajstić information content (AvgIpc) is 3.48. The van der Waals surface area contributed by atoms with Crippen LogP contribution in [0.2, 0.25) is 0 Å². The largest absolute Gasteiger partial charge is 0.507 e. The Morgan fingerprint density at radius 1 is 1.05 bits per heavy atom. The second-order valence-corrected chi connectivity index (χ2v) is 9.87. The Morgan fingerprint density at radius 3 is 2.63 bits per heavy atom. The highest BCUT2D eigenvalue weighted by Gasteiger charge is 2.48. The highest BCUT2D eigenvalue weighted by Crippen LogP contribution is 2.45. The van der Waals surface area contributed by atoms with Crippen molar-refractivity contribution in [2.24, 2.45) is 0 Å². The van der Waals surface area contributed by atoms with Gasteiger partial charge in [-0.1, -0.05) is 43.2 Å². The van der Waals surface area contributed by atoms with Gasteiger partial charge in [-0.3, -0.25) is 19.5 Å². The third kappa shape index (κ3) is 4.84. The molecule has 0 saturated carbocycles. The predicted octanol–water partition coefficient (Wildman–Crippen LogP) is 5.90. The molecule has 9 heteroatoms. The van der Waals surface area contributed by atoms with Crippen molar-refractivity contribution in [3.8, 4) is 11.5 Å². The molecule has 2 aromatic heterocycles. The quantitative estimate of drug-likeness (QED) is 0.125. The fraction of sp³-hybridized carbons (Fsp3) is 0.241. The number of rotatable bonds is 9. The number of aliphatic hydroxyl groups is 1. The predicted molar refractivity (Wildman–Crippen MR) is 147 cm³/mol. The topological polar surface area (TPSA) is 102 Å². The number of amides is 1. The Morgan fingerprint density at radius 2 is 1.87 bits per heavy atom. The first-order chi connectivity index (χ1) is 18.5. The third-order valence-corrected chi connectivity index (χ3v) is 7.40. The van der Waals surface area contributed by atoms with Crippen molar-refractivity contribution >= 4 is 44.1 Å². The number of nitrogens with zero attached hydrogens (tertiary/aromatic N) is 3. The number of fused-ring (bicyclic) bond motifs is 1. The van der Waals surface area contributed by atoms with Gasteiger partial charge in [0, 0.05) is 18.0 Å². The van der Waals surface area contributed by atoms with Gasteiger partial charge in [0.05, 0.1) is 35.5 Å². The van der Waals surface area contributed by atoms with Crippen LogP contribution in [0.25, 0.3) is 16.0 Å². The van der Waals surface area contributed by atoms with Gasteiger partial charge in [0.2, 0.25) is 0 Å². The zero-order valence-electron chi connectivity index (χ0n) is 21.1. The van der Waals surface area contributed by atoms with E-state index in [0.29, 0.717) is 39.9 Å². The number of ketones is 1. The number of hydrogen-bond acceptors (Lipinski definition) is 8. The lowest BCUT2D eigenvalue weighted by Crippen LogP contribution is -2.29. The molecule has 5 rings (SSSR count). The molecule has 0 spiro atoms. The van der Waals surface area contributed by atoms with Crippen LogP contribution in [0.1, 0.15) is 43.4 Å². The molecular weight excluding hydrogens is 502 g/mol. The first-order valence-corrected chi connectivity index (χ1v) is 13.2. The van der Waals surface area contributed by atoms with Gasteiger partial charge in [-0.2, -0.15) is 0 Å². The lowest BCUT2D eigenvalue weighted by molar-refractivity contribution is -0.132. The van der Waals surface area contributed by atoms with E-state index in [1.54, 1.807) is 25.3 Å². The Labute approximate surface area is 224 Å². The van der Waals surface area contributed by atoms with Crippen molar-refractivity contribution in [2.45, 2.75) is 32.2 Å². The summed E-state index contributed by atoms with van der Waals surface area (Å²) in [5, 5.41) is 11.6. The van der Waals surface area contributed by atoms with Crippen molar-refractivity contribution in [1.82, 2.24) is 9.97 Å². The Balaban J connectivity index is 1.63. The lowest BCUT2D eigenvalue weighted by atomic mass is 9.95. The number of pyridine rings is 1. The summed E-state index contributed by atoms with van der Waals surface area (Å²) < 4.78 is 12.1. The fourth-order valence-corrected chi connectivity index (χ4v) is 5.47. The Hall–Kier alpha value is -4.24. The maximum absolute atomic E-state index is 13.5. The minimum absolute atomic E-state index is 0.0128. The highest BCUT2D eigenvalue weighted by atomic mass is 32.1. The van der Waals surface area contributed by atoms with Gasteiger partial charge >= 0.3 is 5.91 Å². The molecular formula is C29H27N3O5S. The number of ether oxygens (including phenoxy) is 2. The second kappa shape index (κ2) is 11.0. The third-order valence-electron chi connectivity index (χ3n) is 6.38. The molecule has 3 heterocycles. The van der Waals surface area contributed by atoms with E-state index in [4.69, 9.17) is 9.47 Å².